The zero-order valence-corrected chi connectivity index (χ0v) is 32.8. The van der Waals surface area contributed by atoms with Crippen LogP contribution in [0.2, 0.25) is 5.02 Å². The molecule has 3 amide bonds. The molecule has 3 N–H and O–H groups in total. The lowest BCUT2D eigenvalue weighted by Crippen LogP contribution is -2.53. The monoisotopic (exact) mass is 815 g/mol. The van der Waals surface area contributed by atoms with E-state index in [4.69, 9.17) is 26.1 Å². The summed E-state index contributed by atoms with van der Waals surface area (Å²) in [6, 6.07) is 16.5. The zero-order chi connectivity index (χ0) is 40.4. The Kier molecular flexibility index (Phi) is 11.3. The fourth-order valence-electron chi connectivity index (χ4n) is 6.81. The number of carbonyl (C=O) groups is 4. The summed E-state index contributed by atoms with van der Waals surface area (Å²) in [5.41, 5.74) is 1.22. The van der Waals surface area contributed by atoms with Gasteiger partial charge in [-0.2, -0.15) is 0 Å². The van der Waals surface area contributed by atoms with Gasteiger partial charge >= 0.3 is 18.0 Å². The van der Waals surface area contributed by atoms with Crippen LogP contribution >= 0.6 is 22.9 Å². The van der Waals surface area contributed by atoms with Crippen molar-refractivity contribution in [2.24, 2.45) is 10.4 Å². The van der Waals surface area contributed by atoms with Crippen molar-refractivity contribution >= 4 is 58.3 Å². The molecule has 7 rings (SSSR count). The molecule has 0 bridgehead atoms. The van der Waals surface area contributed by atoms with Crippen LogP contribution < -0.4 is 20.3 Å². The minimum Gasteiger partial charge on any atom is -0.481 e. The number of ether oxygens (including phenoxy) is 2. The second-order valence-corrected chi connectivity index (χ2v) is 15.7. The molecule has 3 aromatic carbocycles. The first-order valence-electron chi connectivity index (χ1n) is 18.0. The minimum absolute atomic E-state index is 0.0168. The average molecular weight is 816 g/mol. The Morgan fingerprint density at radius 1 is 1.05 bits per heavy atom. The Bertz CT molecular complexity index is 2250. The predicted molar refractivity (Wildman–Crippen MR) is 211 cm³/mol. The SMILES string of the molecule is COC(=O)C1=C(CN2CCN3C(=O)N(c4ccc(Oc5ccc(C(=O)NCC(C)(C)C(=O)O)cc5)cc4)C[C@@H]3C2)NC(c2nccs2)=N[C@H]1c1ccc(F)cc1Cl. The van der Waals surface area contributed by atoms with Gasteiger partial charge in [0, 0.05) is 78.4 Å². The number of nitrogens with zero attached hydrogens (tertiary/aromatic N) is 5. The Balaban J connectivity index is 1.02. The number of benzene rings is 3. The van der Waals surface area contributed by atoms with Gasteiger partial charge in [0.2, 0.25) is 0 Å². The van der Waals surface area contributed by atoms with Gasteiger partial charge in [-0.1, -0.05) is 17.7 Å². The number of carboxylic acid groups (broad SMARTS) is 1. The fourth-order valence-corrected chi connectivity index (χ4v) is 7.66. The second-order valence-electron chi connectivity index (χ2n) is 14.4. The van der Waals surface area contributed by atoms with Crippen LogP contribution in [-0.4, -0.2) is 102 Å². The molecular weight excluding hydrogens is 777 g/mol. The van der Waals surface area contributed by atoms with E-state index in [1.807, 2.05) is 22.4 Å². The second kappa shape index (κ2) is 16.3. The number of thiazole rings is 1. The summed E-state index contributed by atoms with van der Waals surface area (Å²) >= 11 is 7.89. The van der Waals surface area contributed by atoms with Crippen molar-refractivity contribution < 1.29 is 38.1 Å². The van der Waals surface area contributed by atoms with Crippen LogP contribution in [0, 0.1) is 11.2 Å². The normalized spacial score (nSPS) is 18.5. The van der Waals surface area contributed by atoms with Gasteiger partial charge in [-0.15, -0.1) is 11.3 Å². The maximum Gasteiger partial charge on any atom is 0.338 e. The molecule has 14 nitrogen and oxygen atoms in total. The Hall–Kier alpha value is -5.84. The molecule has 2 saturated heterocycles. The first kappa shape index (κ1) is 39.4. The Morgan fingerprint density at radius 3 is 2.42 bits per heavy atom. The van der Waals surface area contributed by atoms with Gasteiger partial charge in [-0.25, -0.2) is 19.0 Å². The number of amides is 3. The summed E-state index contributed by atoms with van der Waals surface area (Å²) in [6.45, 7) is 5.34. The molecule has 0 saturated carbocycles. The number of anilines is 1. The molecule has 3 aliphatic heterocycles. The number of urea groups is 1. The number of hydrogen-bond donors (Lipinski definition) is 3. The molecule has 0 radical (unpaired) electrons. The van der Waals surface area contributed by atoms with E-state index < -0.39 is 29.2 Å². The van der Waals surface area contributed by atoms with Crippen LogP contribution in [0.1, 0.15) is 40.8 Å². The van der Waals surface area contributed by atoms with Crippen molar-refractivity contribution in [2.75, 3.05) is 51.3 Å². The van der Waals surface area contributed by atoms with Gasteiger partial charge in [0.1, 0.15) is 23.4 Å². The van der Waals surface area contributed by atoms with Crippen LogP contribution in [0.4, 0.5) is 14.9 Å². The van der Waals surface area contributed by atoms with Gasteiger partial charge in [0.25, 0.3) is 5.91 Å². The number of aromatic nitrogens is 1. The summed E-state index contributed by atoms with van der Waals surface area (Å²) in [5, 5.41) is 17.8. The van der Waals surface area contributed by atoms with Crippen LogP contribution in [0.25, 0.3) is 0 Å². The van der Waals surface area contributed by atoms with E-state index in [-0.39, 0.29) is 35.1 Å². The molecule has 0 unspecified atom stereocenters. The molecule has 2 fully saturated rings. The quantitative estimate of drug-likeness (QED) is 0.151. The van der Waals surface area contributed by atoms with Gasteiger partial charge < -0.3 is 30.1 Å². The first-order valence-corrected chi connectivity index (χ1v) is 19.3. The van der Waals surface area contributed by atoms with E-state index >= 15 is 0 Å². The molecule has 4 heterocycles. The summed E-state index contributed by atoms with van der Waals surface area (Å²) in [6.07, 6.45) is 1.66. The van der Waals surface area contributed by atoms with Crippen molar-refractivity contribution in [3.8, 4) is 11.5 Å². The number of methoxy groups -OCH3 is 1. The molecule has 296 valence electrons. The van der Waals surface area contributed by atoms with Crippen molar-refractivity contribution in [2.45, 2.75) is 25.9 Å². The van der Waals surface area contributed by atoms with E-state index in [2.05, 4.69) is 20.5 Å². The molecule has 0 aliphatic carbocycles. The molecule has 2 atom stereocenters. The summed E-state index contributed by atoms with van der Waals surface area (Å²) in [4.78, 5) is 65.9. The van der Waals surface area contributed by atoms with E-state index in [1.54, 1.807) is 47.5 Å². The lowest BCUT2D eigenvalue weighted by atomic mass is 9.94. The Morgan fingerprint density at radius 2 is 1.77 bits per heavy atom. The number of piperazine rings is 1. The van der Waals surface area contributed by atoms with Crippen LogP contribution in [0.3, 0.4) is 0 Å². The highest BCUT2D eigenvalue weighted by molar-refractivity contribution is 7.11. The number of amidine groups is 1. The lowest BCUT2D eigenvalue weighted by Gasteiger charge is -2.38. The average Bonchev–Trinajstić information content (AvgIpc) is 3.85. The lowest BCUT2D eigenvalue weighted by molar-refractivity contribution is -0.146. The molecule has 57 heavy (non-hydrogen) atoms. The number of carbonyl (C=O) groups excluding carboxylic acids is 3. The van der Waals surface area contributed by atoms with E-state index in [1.165, 1.54) is 50.5 Å². The number of rotatable bonds is 12. The topological polar surface area (TPSA) is 166 Å². The number of nitrogens with one attached hydrogen (secondary N) is 2. The third-order valence-electron chi connectivity index (χ3n) is 10.0. The smallest absolute Gasteiger partial charge is 0.338 e. The molecule has 4 aromatic rings. The highest BCUT2D eigenvalue weighted by Crippen LogP contribution is 2.37. The number of halogens is 2. The number of aliphatic carboxylic acids is 1. The van der Waals surface area contributed by atoms with E-state index in [0.29, 0.717) is 77.6 Å². The molecule has 0 spiro atoms. The molecule has 17 heteroatoms. The largest absolute Gasteiger partial charge is 0.481 e. The number of esters is 1. The maximum absolute atomic E-state index is 14.1. The van der Waals surface area contributed by atoms with Crippen LogP contribution in [-0.2, 0) is 14.3 Å². The number of hydrogen-bond acceptors (Lipinski definition) is 11. The van der Waals surface area contributed by atoms with Gasteiger partial charge in [0.15, 0.2) is 10.8 Å². The minimum atomic E-state index is -1.10. The Labute approximate surface area is 336 Å². The standard InChI is InChI=1S/C40H39ClFN7O7S/c1-40(2,38(52)53)22-44-35(50)23-4-9-27(10-5-23)56-28-11-7-25(8-12-28)49-20-26-19-47(15-16-48(26)39(49)54)21-31-32(37(51)55-3)33(29-13-6-24(42)18-30(29)41)46-34(45-31)36-43-14-17-57-36/h4-14,17-18,26,33H,15-16,19-22H2,1-3H3,(H,44,50)(H,45,46)(H,52,53)/t26-,33-/m0/s1. The fraction of sp³-hybridized carbons (Fsp3) is 0.300. The number of carboxylic acids is 1. The first-order chi connectivity index (χ1) is 27.3. The van der Waals surface area contributed by atoms with Gasteiger partial charge in [0.05, 0.1) is 24.1 Å². The number of fused-ring (bicyclic) bond motifs is 1. The van der Waals surface area contributed by atoms with Crippen LogP contribution in [0.5, 0.6) is 11.5 Å². The van der Waals surface area contributed by atoms with Crippen molar-refractivity contribution in [3.63, 3.8) is 0 Å². The third-order valence-corrected chi connectivity index (χ3v) is 11.1. The zero-order valence-electron chi connectivity index (χ0n) is 31.2. The van der Waals surface area contributed by atoms with Crippen molar-refractivity contribution in [1.29, 1.82) is 0 Å². The highest BCUT2D eigenvalue weighted by Gasteiger charge is 2.42. The highest BCUT2D eigenvalue weighted by atomic mass is 35.5. The third kappa shape index (κ3) is 8.48. The van der Waals surface area contributed by atoms with E-state index in [0.717, 1.165) is 0 Å². The number of aliphatic imine (C=N–C) groups is 1. The molecular formula is C40H39ClFN7O7S. The summed E-state index contributed by atoms with van der Waals surface area (Å²) in [5.74, 6) is -1.03. The van der Waals surface area contributed by atoms with Gasteiger partial charge in [-0.3, -0.25) is 24.4 Å². The van der Waals surface area contributed by atoms with Crippen molar-refractivity contribution in [1.82, 2.24) is 25.4 Å². The maximum atomic E-state index is 14.1. The van der Waals surface area contributed by atoms with Crippen molar-refractivity contribution in [3.05, 3.63) is 117 Å². The summed E-state index contributed by atoms with van der Waals surface area (Å²) < 4.78 is 25.3. The van der Waals surface area contributed by atoms with Crippen LogP contribution in [0.15, 0.2) is 94.6 Å². The molecule has 1 aromatic heterocycles. The van der Waals surface area contributed by atoms with E-state index in [9.17, 15) is 28.7 Å². The summed E-state index contributed by atoms with van der Waals surface area (Å²) in [7, 11) is 1.29. The van der Waals surface area contributed by atoms with Gasteiger partial charge in [-0.05, 0) is 74.5 Å². The molecule has 3 aliphatic rings. The predicted octanol–water partition coefficient (Wildman–Crippen LogP) is 5.71.